The van der Waals surface area contributed by atoms with Crippen LogP contribution in [0.4, 0.5) is 23.7 Å². The Hall–Kier alpha value is -2.25. The van der Waals surface area contributed by atoms with Gasteiger partial charge in [-0.25, -0.2) is 4.79 Å². The number of amides is 2. The summed E-state index contributed by atoms with van der Waals surface area (Å²) < 4.78 is 44.1. The van der Waals surface area contributed by atoms with Crippen LogP contribution in [0.5, 0.6) is 0 Å². The van der Waals surface area contributed by atoms with E-state index in [-0.39, 0.29) is 12.2 Å². The lowest BCUT2D eigenvalue weighted by molar-refractivity contribution is -0.136. The van der Waals surface area contributed by atoms with Crippen molar-refractivity contribution < 1.29 is 22.7 Å². The van der Waals surface area contributed by atoms with Gasteiger partial charge in [-0.15, -0.1) is 0 Å². The van der Waals surface area contributed by atoms with Gasteiger partial charge in [0.1, 0.15) is 6.10 Å². The van der Waals surface area contributed by atoms with Crippen molar-refractivity contribution in [3.05, 3.63) is 64.7 Å². The summed E-state index contributed by atoms with van der Waals surface area (Å²) in [5, 5.41) is 5.16. The summed E-state index contributed by atoms with van der Waals surface area (Å²) in [5.41, 5.74) is -0.568. The second kappa shape index (κ2) is 8.22. The lowest BCUT2D eigenvalue weighted by Gasteiger charge is -2.19. The van der Waals surface area contributed by atoms with Crippen molar-refractivity contribution in [2.45, 2.75) is 12.3 Å². The van der Waals surface area contributed by atoms with Gasteiger partial charge in [-0.1, -0.05) is 41.9 Å². The van der Waals surface area contributed by atoms with Gasteiger partial charge < -0.3 is 15.4 Å². The first-order valence-corrected chi connectivity index (χ1v) is 7.69. The highest BCUT2D eigenvalue weighted by molar-refractivity contribution is 6.31. The predicted molar refractivity (Wildman–Crippen MR) is 89.7 cm³/mol. The zero-order chi connectivity index (χ0) is 18.4. The summed E-state index contributed by atoms with van der Waals surface area (Å²) in [6, 6.07) is 10.9. The van der Waals surface area contributed by atoms with Crippen LogP contribution in [0.25, 0.3) is 0 Å². The first kappa shape index (κ1) is 19.1. The summed E-state index contributed by atoms with van der Waals surface area (Å²) in [4.78, 5) is 12.0. The molecule has 2 amide bonds. The Labute approximate surface area is 147 Å². The molecule has 25 heavy (non-hydrogen) atoms. The number of alkyl halides is 3. The maximum atomic E-state index is 12.9. The lowest BCUT2D eigenvalue weighted by atomic mass is 10.1. The normalized spacial score (nSPS) is 12.5. The van der Waals surface area contributed by atoms with Crippen LogP contribution >= 0.6 is 11.6 Å². The van der Waals surface area contributed by atoms with Gasteiger partial charge in [0.05, 0.1) is 11.3 Å². The van der Waals surface area contributed by atoms with Crippen molar-refractivity contribution in [2.75, 3.05) is 19.0 Å². The first-order chi connectivity index (χ1) is 11.8. The molecule has 0 radical (unpaired) electrons. The second-order valence-electron chi connectivity index (χ2n) is 5.12. The number of hydrogen-bond acceptors (Lipinski definition) is 2. The lowest BCUT2D eigenvalue weighted by Crippen LogP contribution is -2.33. The number of halogens is 4. The maximum Gasteiger partial charge on any atom is 0.418 e. The van der Waals surface area contributed by atoms with Crippen molar-refractivity contribution in [3.8, 4) is 0 Å². The number of rotatable bonds is 5. The third kappa shape index (κ3) is 5.11. The van der Waals surface area contributed by atoms with E-state index in [1.165, 1.54) is 25.3 Å². The molecule has 8 heteroatoms. The third-order valence-electron chi connectivity index (χ3n) is 3.47. The van der Waals surface area contributed by atoms with Gasteiger partial charge in [0.2, 0.25) is 0 Å². The van der Waals surface area contributed by atoms with Gasteiger partial charge in [0.25, 0.3) is 0 Å². The molecule has 0 bridgehead atoms. The predicted octanol–water partition coefficient (Wildman–Crippen LogP) is 4.87. The number of benzene rings is 2. The molecular weight excluding hydrogens is 357 g/mol. The highest BCUT2D eigenvalue weighted by Gasteiger charge is 2.33. The van der Waals surface area contributed by atoms with Crippen LogP contribution in [0.2, 0.25) is 5.02 Å². The van der Waals surface area contributed by atoms with Crippen LogP contribution in [0, 0.1) is 0 Å². The second-order valence-corrected chi connectivity index (χ2v) is 5.53. The summed E-state index contributed by atoms with van der Waals surface area (Å²) >= 11 is 6.08. The average Bonchev–Trinajstić information content (AvgIpc) is 2.56. The molecule has 4 nitrogen and oxygen atoms in total. The fourth-order valence-electron chi connectivity index (χ4n) is 2.25. The number of nitrogens with one attached hydrogen (secondary N) is 2. The highest BCUT2D eigenvalue weighted by atomic mass is 35.5. The minimum Gasteiger partial charge on any atom is -0.375 e. The Bertz CT molecular complexity index is 738. The minimum atomic E-state index is -4.56. The van der Waals surface area contributed by atoms with Crippen LogP contribution in [0.15, 0.2) is 48.5 Å². The molecule has 0 aliphatic heterocycles. The topological polar surface area (TPSA) is 50.4 Å². The molecule has 0 aliphatic carbocycles. The zero-order valence-corrected chi connectivity index (χ0v) is 14.0. The number of hydrogen-bond donors (Lipinski definition) is 2. The van der Waals surface area contributed by atoms with Crippen LogP contribution in [0.1, 0.15) is 17.2 Å². The molecule has 0 aromatic heterocycles. The standard InChI is InChI=1S/C17H16ClF3N2O2/c1-25-15(11-6-2-4-8-13(11)18)10-22-16(24)23-14-9-5-3-7-12(14)17(19,20)21/h2-9,15H,10H2,1H3,(H2,22,23,24)/t15-/m1/s1. The smallest absolute Gasteiger partial charge is 0.375 e. The summed E-state index contributed by atoms with van der Waals surface area (Å²) in [6.07, 6.45) is -5.09. The number of ether oxygens (including phenoxy) is 1. The van der Waals surface area contributed by atoms with Gasteiger partial charge >= 0.3 is 12.2 Å². The van der Waals surface area contributed by atoms with Gasteiger partial charge in [-0.2, -0.15) is 13.2 Å². The van der Waals surface area contributed by atoms with E-state index in [2.05, 4.69) is 10.6 Å². The molecule has 0 spiro atoms. The molecule has 1 atom stereocenters. The molecule has 2 aromatic rings. The fraction of sp³-hybridized carbons (Fsp3) is 0.235. The monoisotopic (exact) mass is 372 g/mol. The Morgan fingerprint density at radius 2 is 1.80 bits per heavy atom. The van der Waals surface area contributed by atoms with E-state index in [0.717, 1.165) is 6.07 Å². The van der Waals surface area contributed by atoms with E-state index in [4.69, 9.17) is 16.3 Å². The maximum absolute atomic E-state index is 12.9. The summed E-state index contributed by atoms with van der Waals surface area (Å²) in [7, 11) is 1.45. The molecule has 0 heterocycles. The van der Waals surface area contributed by atoms with Crippen LogP contribution in [-0.2, 0) is 10.9 Å². The minimum absolute atomic E-state index is 0.0419. The summed E-state index contributed by atoms with van der Waals surface area (Å²) in [5.74, 6) is 0. The summed E-state index contributed by atoms with van der Waals surface area (Å²) in [6.45, 7) is 0.0419. The van der Waals surface area contributed by atoms with Gasteiger partial charge in [-0.3, -0.25) is 0 Å². The van der Waals surface area contributed by atoms with Crippen LogP contribution < -0.4 is 10.6 Å². The molecule has 0 aliphatic rings. The van der Waals surface area contributed by atoms with E-state index in [1.807, 2.05) is 0 Å². The van der Waals surface area contributed by atoms with E-state index in [9.17, 15) is 18.0 Å². The molecule has 0 unspecified atom stereocenters. The van der Waals surface area contributed by atoms with E-state index >= 15 is 0 Å². The van der Waals surface area contributed by atoms with E-state index < -0.39 is 23.9 Å². The van der Waals surface area contributed by atoms with E-state index in [0.29, 0.717) is 10.6 Å². The van der Waals surface area contributed by atoms with Gasteiger partial charge in [0, 0.05) is 24.2 Å². The molecule has 2 aromatic carbocycles. The van der Waals surface area contributed by atoms with Crippen molar-refractivity contribution in [1.29, 1.82) is 0 Å². The van der Waals surface area contributed by atoms with E-state index in [1.54, 1.807) is 24.3 Å². The molecule has 0 saturated carbocycles. The fourth-order valence-corrected chi connectivity index (χ4v) is 2.51. The Morgan fingerprint density at radius 3 is 2.44 bits per heavy atom. The van der Waals surface area contributed by atoms with Crippen LogP contribution in [0.3, 0.4) is 0 Å². The molecule has 2 N–H and O–H groups in total. The van der Waals surface area contributed by atoms with Crippen molar-refractivity contribution in [3.63, 3.8) is 0 Å². The number of carbonyl (C=O) groups is 1. The number of urea groups is 1. The van der Waals surface area contributed by atoms with Crippen molar-refractivity contribution >= 4 is 23.3 Å². The largest absolute Gasteiger partial charge is 0.418 e. The number of carbonyl (C=O) groups excluding carboxylic acids is 1. The molecule has 0 fully saturated rings. The van der Waals surface area contributed by atoms with Crippen molar-refractivity contribution in [1.82, 2.24) is 5.32 Å². The Balaban J connectivity index is 2.03. The van der Waals surface area contributed by atoms with Gasteiger partial charge in [0.15, 0.2) is 0 Å². The molecular formula is C17H16ClF3N2O2. The van der Waals surface area contributed by atoms with Crippen LogP contribution in [-0.4, -0.2) is 19.7 Å². The highest BCUT2D eigenvalue weighted by Crippen LogP contribution is 2.34. The SMILES string of the molecule is CO[C@H](CNC(=O)Nc1ccccc1C(F)(F)F)c1ccccc1Cl. The number of methoxy groups -OCH3 is 1. The average molecular weight is 373 g/mol. The number of para-hydroxylation sites is 1. The third-order valence-corrected chi connectivity index (χ3v) is 3.81. The molecule has 134 valence electrons. The Morgan fingerprint density at radius 1 is 1.16 bits per heavy atom. The molecule has 0 saturated heterocycles. The molecule has 2 rings (SSSR count). The Kier molecular flexibility index (Phi) is 6.27. The van der Waals surface area contributed by atoms with Gasteiger partial charge in [-0.05, 0) is 18.2 Å². The quantitative estimate of drug-likeness (QED) is 0.786. The zero-order valence-electron chi connectivity index (χ0n) is 13.2. The van der Waals surface area contributed by atoms with Crippen molar-refractivity contribution in [2.24, 2.45) is 0 Å². The number of anilines is 1. The first-order valence-electron chi connectivity index (χ1n) is 7.31.